The lowest BCUT2D eigenvalue weighted by molar-refractivity contribution is -0.126. The van der Waals surface area contributed by atoms with Crippen LogP contribution in [0.25, 0.3) is 0 Å². The number of carbonyl (C=O) groups excluding carboxylic acids is 2. The van der Waals surface area contributed by atoms with Crippen molar-refractivity contribution in [2.75, 3.05) is 33.4 Å². The monoisotopic (exact) mass is 271 g/mol. The summed E-state index contributed by atoms with van der Waals surface area (Å²) in [5, 5.41) is 5.71. The Bertz CT molecular complexity index is 300. The highest BCUT2D eigenvalue weighted by molar-refractivity contribution is 5.79. The van der Waals surface area contributed by atoms with Gasteiger partial charge in [0.15, 0.2) is 0 Å². The molecule has 1 fully saturated rings. The van der Waals surface area contributed by atoms with Gasteiger partial charge in [-0.15, -0.1) is 0 Å². The third-order valence-corrected chi connectivity index (χ3v) is 3.17. The molecule has 1 aliphatic rings. The van der Waals surface area contributed by atoms with Gasteiger partial charge in [0.2, 0.25) is 5.91 Å². The van der Waals surface area contributed by atoms with Gasteiger partial charge in [-0.3, -0.25) is 4.79 Å². The van der Waals surface area contributed by atoms with E-state index in [-0.39, 0.29) is 23.9 Å². The summed E-state index contributed by atoms with van der Waals surface area (Å²) >= 11 is 0. The number of amides is 3. The molecule has 0 aromatic rings. The molecule has 0 spiro atoms. The van der Waals surface area contributed by atoms with Crippen molar-refractivity contribution in [2.45, 2.75) is 32.7 Å². The summed E-state index contributed by atoms with van der Waals surface area (Å²) in [6, 6.07) is 0.107. The third-order valence-electron chi connectivity index (χ3n) is 3.17. The van der Waals surface area contributed by atoms with Crippen LogP contribution in [-0.2, 0) is 9.53 Å². The number of hydrogen-bond donors (Lipinski definition) is 2. The molecule has 6 heteroatoms. The van der Waals surface area contributed by atoms with Crippen LogP contribution in [0, 0.1) is 5.92 Å². The maximum Gasteiger partial charge on any atom is 0.317 e. The van der Waals surface area contributed by atoms with E-state index in [0.717, 1.165) is 12.8 Å². The van der Waals surface area contributed by atoms with Crippen LogP contribution in [0.15, 0.2) is 0 Å². The number of urea groups is 1. The van der Waals surface area contributed by atoms with E-state index in [4.69, 9.17) is 4.74 Å². The first-order valence-corrected chi connectivity index (χ1v) is 6.86. The predicted octanol–water partition coefficient (Wildman–Crippen LogP) is 0.579. The Balaban J connectivity index is 2.28. The van der Waals surface area contributed by atoms with E-state index in [1.165, 1.54) is 0 Å². The fraction of sp³-hybridized carbons (Fsp3) is 0.846. The topological polar surface area (TPSA) is 70.7 Å². The smallest absolute Gasteiger partial charge is 0.317 e. The van der Waals surface area contributed by atoms with Gasteiger partial charge in [-0.2, -0.15) is 0 Å². The van der Waals surface area contributed by atoms with E-state index in [1.807, 2.05) is 13.8 Å². The highest BCUT2D eigenvalue weighted by Gasteiger charge is 2.27. The van der Waals surface area contributed by atoms with Crippen molar-refractivity contribution < 1.29 is 14.3 Å². The number of likely N-dealkylation sites (tertiary alicyclic amines) is 1. The van der Waals surface area contributed by atoms with Gasteiger partial charge in [0, 0.05) is 38.7 Å². The molecule has 0 unspecified atom stereocenters. The van der Waals surface area contributed by atoms with Gasteiger partial charge < -0.3 is 20.3 Å². The van der Waals surface area contributed by atoms with Gasteiger partial charge in [0.05, 0.1) is 6.61 Å². The van der Waals surface area contributed by atoms with Crippen molar-refractivity contribution in [2.24, 2.45) is 5.92 Å². The van der Waals surface area contributed by atoms with Crippen LogP contribution < -0.4 is 10.6 Å². The molecule has 3 amide bonds. The fourth-order valence-corrected chi connectivity index (χ4v) is 2.10. The molecule has 0 saturated carbocycles. The summed E-state index contributed by atoms with van der Waals surface area (Å²) in [6.07, 6.45) is 1.45. The molecule has 6 nitrogen and oxygen atoms in total. The van der Waals surface area contributed by atoms with Gasteiger partial charge in [-0.1, -0.05) is 0 Å². The molecule has 110 valence electrons. The molecule has 0 aliphatic carbocycles. The first kappa shape index (κ1) is 15.8. The normalized spacial score (nSPS) is 16.5. The van der Waals surface area contributed by atoms with Gasteiger partial charge >= 0.3 is 6.03 Å². The number of piperidine rings is 1. The Kier molecular flexibility index (Phi) is 6.62. The van der Waals surface area contributed by atoms with Crippen molar-refractivity contribution in [3.8, 4) is 0 Å². The molecule has 1 rings (SSSR count). The highest BCUT2D eigenvalue weighted by atomic mass is 16.5. The van der Waals surface area contributed by atoms with Crippen LogP contribution in [0.1, 0.15) is 26.7 Å². The molecule has 1 aliphatic heterocycles. The maximum absolute atomic E-state index is 11.8. The molecule has 1 saturated heterocycles. The number of nitrogens with one attached hydrogen (secondary N) is 2. The zero-order valence-corrected chi connectivity index (χ0v) is 12.1. The first-order chi connectivity index (χ1) is 9.04. The number of rotatable bonds is 5. The molecule has 1 heterocycles. The molecule has 19 heavy (non-hydrogen) atoms. The SMILES string of the molecule is COCCNC(=O)C1CCN(C(=O)NC(C)C)CC1. The lowest BCUT2D eigenvalue weighted by atomic mass is 9.96. The number of hydrogen-bond acceptors (Lipinski definition) is 3. The van der Waals surface area contributed by atoms with Crippen molar-refractivity contribution >= 4 is 11.9 Å². The summed E-state index contributed by atoms with van der Waals surface area (Å²) in [4.78, 5) is 25.4. The first-order valence-electron chi connectivity index (χ1n) is 6.86. The second kappa shape index (κ2) is 7.99. The van der Waals surface area contributed by atoms with E-state index in [2.05, 4.69) is 10.6 Å². The Morgan fingerprint density at radius 3 is 2.47 bits per heavy atom. The van der Waals surface area contributed by atoms with Gasteiger partial charge in [0.25, 0.3) is 0 Å². The van der Waals surface area contributed by atoms with E-state index in [0.29, 0.717) is 26.2 Å². The molecule has 0 aromatic heterocycles. The lowest BCUT2D eigenvalue weighted by Gasteiger charge is -2.31. The van der Waals surface area contributed by atoms with Crippen LogP contribution in [0.3, 0.4) is 0 Å². The van der Waals surface area contributed by atoms with Crippen LogP contribution >= 0.6 is 0 Å². The summed E-state index contributed by atoms with van der Waals surface area (Å²) in [5.74, 6) is 0.0842. The zero-order chi connectivity index (χ0) is 14.3. The molecule has 0 atom stereocenters. The number of carbonyl (C=O) groups is 2. The average molecular weight is 271 g/mol. The average Bonchev–Trinajstić information content (AvgIpc) is 2.38. The highest BCUT2D eigenvalue weighted by Crippen LogP contribution is 2.17. The molecule has 0 radical (unpaired) electrons. The Morgan fingerprint density at radius 1 is 1.32 bits per heavy atom. The van der Waals surface area contributed by atoms with Crippen molar-refractivity contribution in [1.29, 1.82) is 0 Å². The van der Waals surface area contributed by atoms with Crippen molar-refractivity contribution in [3.63, 3.8) is 0 Å². The molecule has 2 N–H and O–H groups in total. The Hall–Kier alpha value is -1.30. The quantitative estimate of drug-likeness (QED) is 0.719. The largest absolute Gasteiger partial charge is 0.383 e. The number of ether oxygens (including phenoxy) is 1. The minimum Gasteiger partial charge on any atom is -0.383 e. The second-order valence-electron chi connectivity index (χ2n) is 5.15. The van der Waals surface area contributed by atoms with E-state index in [9.17, 15) is 9.59 Å². The van der Waals surface area contributed by atoms with Crippen LogP contribution in [0.5, 0.6) is 0 Å². The molecule has 0 aromatic carbocycles. The number of methoxy groups -OCH3 is 1. The fourth-order valence-electron chi connectivity index (χ4n) is 2.10. The summed E-state index contributed by atoms with van der Waals surface area (Å²) in [5.41, 5.74) is 0. The zero-order valence-electron chi connectivity index (χ0n) is 12.1. The minimum atomic E-state index is -0.0340. The second-order valence-corrected chi connectivity index (χ2v) is 5.15. The van der Waals surface area contributed by atoms with E-state index in [1.54, 1.807) is 12.0 Å². The third kappa shape index (κ3) is 5.46. The van der Waals surface area contributed by atoms with Gasteiger partial charge in [-0.25, -0.2) is 4.79 Å². The Morgan fingerprint density at radius 2 is 1.95 bits per heavy atom. The summed E-state index contributed by atoms with van der Waals surface area (Å²) < 4.78 is 4.89. The van der Waals surface area contributed by atoms with Crippen LogP contribution in [-0.4, -0.2) is 56.2 Å². The Labute approximate surface area is 114 Å². The van der Waals surface area contributed by atoms with Gasteiger partial charge in [-0.05, 0) is 26.7 Å². The maximum atomic E-state index is 11.8. The van der Waals surface area contributed by atoms with Gasteiger partial charge in [0.1, 0.15) is 0 Å². The molecular weight excluding hydrogens is 246 g/mol. The summed E-state index contributed by atoms with van der Waals surface area (Å²) in [7, 11) is 1.61. The summed E-state index contributed by atoms with van der Waals surface area (Å²) in [6.45, 7) is 6.23. The van der Waals surface area contributed by atoms with Crippen molar-refractivity contribution in [3.05, 3.63) is 0 Å². The number of nitrogens with zero attached hydrogens (tertiary/aromatic N) is 1. The molecule has 0 bridgehead atoms. The standard InChI is InChI=1S/C13H25N3O3/c1-10(2)15-13(18)16-7-4-11(5-8-16)12(17)14-6-9-19-3/h10-11H,4-9H2,1-3H3,(H,14,17)(H,15,18). The van der Waals surface area contributed by atoms with E-state index < -0.39 is 0 Å². The molecular formula is C13H25N3O3. The van der Waals surface area contributed by atoms with Crippen LogP contribution in [0.4, 0.5) is 4.79 Å². The predicted molar refractivity (Wildman–Crippen MR) is 72.9 cm³/mol. The lowest BCUT2D eigenvalue weighted by Crippen LogP contribution is -2.48. The van der Waals surface area contributed by atoms with Crippen molar-refractivity contribution in [1.82, 2.24) is 15.5 Å². The van der Waals surface area contributed by atoms with Crippen LogP contribution in [0.2, 0.25) is 0 Å². The minimum absolute atomic E-state index is 0.0138. The van der Waals surface area contributed by atoms with E-state index >= 15 is 0 Å².